The molecule has 0 unspecified atom stereocenters. The van der Waals surface area contributed by atoms with Gasteiger partial charge in [-0.05, 0) is 42.0 Å². The minimum Gasteiger partial charge on any atom is -0.344 e. The molecular formula is C23H17N3. The van der Waals surface area contributed by atoms with Crippen molar-refractivity contribution in [2.45, 2.75) is 0 Å². The smallest absolute Gasteiger partial charge is 0.0998 e. The third-order valence-electron chi connectivity index (χ3n) is 4.60. The van der Waals surface area contributed by atoms with Crippen LogP contribution in [0.25, 0.3) is 22.6 Å². The van der Waals surface area contributed by atoms with Crippen LogP contribution in [0.3, 0.4) is 0 Å². The molecule has 0 aliphatic carbocycles. The third kappa shape index (κ3) is 2.78. The van der Waals surface area contributed by atoms with Crippen molar-refractivity contribution in [1.29, 1.82) is 5.26 Å². The topological polar surface area (TPSA) is 39.9 Å². The maximum atomic E-state index is 9.69. The highest BCUT2D eigenvalue weighted by atomic mass is 15.1. The standard InChI is InChI=1S/C23H17N3/c1-26-19(12-10-17-6-2-5-9-23(17)26)13-11-18(16-24)20-14-15-25-22-8-4-3-7-21(20)22/h2-15H,1H3/b18-11-,19-13+. The Labute approximate surface area is 152 Å². The van der Waals surface area contributed by atoms with Gasteiger partial charge in [0.25, 0.3) is 0 Å². The maximum Gasteiger partial charge on any atom is 0.0998 e. The van der Waals surface area contributed by atoms with E-state index >= 15 is 0 Å². The number of likely N-dealkylation sites (N-methyl/N-ethyl adjacent to an activating group) is 1. The van der Waals surface area contributed by atoms with E-state index in [1.54, 1.807) is 6.20 Å². The van der Waals surface area contributed by atoms with Crippen molar-refractivity contribution in [3.05, 3.63) is 95.8 Å². The highest BCUT2D eigenvalue weighted by Gasteiger charge is 2.12. The van der Waals surface area contributed by atoms with Crippen molar-refractivity contribution in [3.63, 3.8) is 0 Å². The molecule has 3 nitrogen and oxygen atoms in total. The molecule has 2 aromatic carbocycles. The number of benzene rings is 2. The average molecular weight is 335 g/mol. The van der Waals surface area contributed by atoms with E-state index in [9.17, 15) is 5.26 Å². The summed E-state index contributed by atoms with van der Waals surface area (Å²) in [4.78, 5) is 6.50. The molecule has 0 bridgehead atoms. The highest BCUT2D eigenvalue weighted by molar-refractivity contribution is 5.95. The van der Waals surface area contributed by atoms with Crippen LogP contribution in [0.2, 0.25) is 0 Å². The predicted molar refractivity (Wildman–Crippen MR) is 107 cm³/mol. The summed E-state index contributed by atoms with van der Waals surface area (Å²) < 4.78 is 0. The van der Waals surface area contributed by atoms with Crippen molar-refractivity contribution in [1.82, 2.24) is 4.98 Å². The Balaban J connectivity index is 1.76. The highest BCUT2D eigenvalue weighted by Crippen LogP contribution is 2.30. The van der Waals surface area contributed by atoms with Crippen LogP contribution in [0.1, 0.15) is 11.1 Å². The molecule has 1 aromatic heterocycles. The van der Waals surface area contributed by atoms with Crippen molar-refractivity contribution in [2.75, 3.05) is 11.9 Å². The molecular weight excluding hydrogens is 318 g/mol. The van der Waals surface area contributed by atoms with Gasteiger partial charge in [0.05, 0.1) is 17.2 Å². The summed E-state index contributed by atoms with van der Waals surface area (Å²) in [5, 5.41) is 10.7. The molecule has 0 fully saturated rings. The SMILES string of the molecule is CN1/C(=C/C=C(/C#N)c2ccnc3ccccc23)C=Cc2ccccc21. The molecule has 2 heterocycles. The van der Waals surface area contributed by atoms with Gasteiger partial charge in [0.2, 0.25) is 0 Å². The van der Waals surface area contributed by atoms with Crippen LogP contribution in [-0.4, -0.2) is 12.0 Å². The fraction of sp³-hybridized carbons (Fsp3) is 0.0435. The normalized spacial score (nSPS) is 15.2. The molecule has 3 heteroatoms. The van der Waals surface area contributed by atoms with Gasteiger partial charge in [-0.25, -0.2) is 0 Å². The lowest BCUT2D eigenvalue weighted by atomic mass is 10.0. The van der Waals surface area contributed by atoms with E-state index in [2.05, 4.69) is 40.2 Å². The van der Waals surface area contributed by atoms with Crippen LogP contribution in [0.15, 0.2) is 84.7 Å². The number of rotatable bonds is 2. The Morgan fingerprint density at radius 3 is 2.73 bits per heavy atom. The summed E-state index contributed by atoms with van der Waals surface area (Å²) in [5.41, 5.74) is 5.80. The molecule has 0 saturated carbocycles. The molecule has 0 spiro atoms. The van der Waals surface area contributed by atoms with Gasteiger partial charge in [-0.2, -0.15) is 5.26 Å². The van der Waals surface area contributed by atoms with E-state index in [0.717, 1.165) is 27.9 Å². The fourth-order valence-electron chi connectivity index (χ4n) is 3.21. The van der Waals surface area contributed by atoms with Gasteiger partial charge in [0.1, 0.15) is 0 Å². The number of nitriles is 1. The number of nitrogens with zero attached hydrogens (tertiary/aromatic N) is 3. The second kappa shape index (κ2) is 6.70. The molecule has 3 aromatic rings. The summed E-state index contributed by atoms with van der Waals surface area (Å²) in [6.45, 7) is 0. The molecule has 0 amide bonds. The van der Waals surface area contributed by atoms with E-state index in [0.29, 0.717) is 5.57 Å². The van der Waals surface area contributed by atoms with Gasteiger partial charge in [0.15, 0.2) is 0 Å². The molecule has 4 rings (SSSR count). The molecule has 26 heavy (non-hydrogen) atoms. The third-order valence-corrected chi connectivity index (χ3v) is 4.60. The molecule has 124 valence electrons. The summed E-state index contributed by atoms with van der Waals surface area (Å²) in [7, 11) is 2.04. The largest absolute Gasteiger partial charge is 0.344 e. The first-order valence-electron chi connectivity index (χ1n) is 8.45. The quantitative estimate of drug-likeness (QED) is 0.605. The van der Waals surface area contributed by atoms with Gasteiger partial charge in [-0.1, -0.05) is 42.5 Å². The van der Waals surface area contributed by atoms with Crippen LogP contribution < -0.4 is 4.90 Å². The molecule has 0 atom stereocenters. The van der Waals surface area contributed by atoms with Crippen molar-refractivity contribution < 1.29 is 0 Å². The van der Waals surface area contributed by atoms with Gasteiger partial charge >= 0.3 is 0 Å². The summed E-state index contributed by atoms with van der Waals surface area (Å²) in [6.07, 6.45) is 9.78. The number of pyridine rings is 1. The van der Waals surface area contributed by atoms with Crippen molar-refractivity contribution in [2.24, 2.45) is 0 Å². The van der Waals surface area contributed by atoms with Gasteiger partial charge < -0.3 is 4.90 Å². The lowest BCUT2D eigenvalue weighted by Gasteiger charge is -2.26. The Morgan fingerprint density at radius 2 is 1.85 bits per heavy atom. The lowest BCUT2D eigenvalue weighted by Crippen LogP contribution is -2.18. The zero-order chi connectivity index (χ0) is 17.9. The van der Waals surface area contributed by atoms with Crippen LogP contribution >= 0.6 is 0 Å². The van der Waals surface area contributed by atoms with Crippen LogP contribution in [-0.2, 0) is 0 Å². The Bertz CT molecular complexity index is 1110. The lowest BCUT2D eigenvalue weighted by molar-refractivity contribution is 1.12. The van der Waals surface area contributed by atoms with Gasteiger partial charge in [0, 0.05) is 35.6 Å². The van der Waals surface area contributed by atoms with E-state index in [-0.39, 0.29) is 0 Å². The van der Waals surface area contributed by atoms with Gasteiger partial charge in [-0.3, -0.25) is 4.98 Å². The summed E-state index contributed by atoms with van der Waals surface area (Å²) in [5.74, 6) is 0. The molecule has 1 aliphatic heterocycles. The maximum absolute atomic E-state index is 9.69. The zero-order valence-corrected chi connectivity index (χ0v) is 14.4. The Hall–Kier alpha value is -3.64. The van der Waals surface area contributed by atoms with E-state index < -0.39 is 0 Å². The molecule has 0 N–H and O–H groups in total. The first kappa shape index (κ1) is 15.9. The fourth-order valence-corrected chi connectivity index (χ4v) is 3.21. The minimum absolute atomic E-state index is 0.622. The summed E-state index contributed by atoms with van der Waals surface area (Å²) >= 11 is 0. The van der Waals surface area contributed by atoms with Crippen molar-refractivity contribution >= 4 is 28.2 Å². The monoisotopic (exact) mass is 335 g/mol. The number of hydrogen-bond donors (Lipinski definition) is 0. The number of hydrogen-bond acceptors (Lipinski definition) is 3. The van der Waals surface area contributed by atoms with Crippen LogP contribution in [0.5, 0.6) is 0 Å². The zero-order valence-electron chi connectivity index (χ0n) is 14.4. The number of para-hydroxylation sites is 2. The average Bonchev–Trinajstić information content (AvgIpc) is 2.70. The molecule has 1 aliphatic rings. The predicted octanol–water partition coefficient (Wildman–Crippen LogP) is 5.19. The number of fused-ring (bicyclic) bond motifs is 2. The van der Waals surface area contributed by atoms with E-state index in [1.807, 2.05) is 61.7 Å². The number of allylic oxidation sites excluding steroid dienone is 4. The second-order valence-electron chi connectivity index (χ2n) is 6.11. The molecule has 0 saturated heterocycles. The van der Waals surface area contributed by atoms with Crippen molar-refractivity contribution in [3.8, 4) is 6.07 Å². The van der Waals surface area contributed by atoms with Gasteiger partial charge in [-0.15, -0.1) is 0 Å². The first-order valence-corrected chi connectivity index (χ1v) is 8.45. The first-order chi connectivity index (χ1) is 12.8. The minimum atomic E-state index is 0.622. The summed E-state index contributed by atoms with van der Waals surface area (Å²) in [6, 6.07) is 20.4. The van der Waals surface area contributed by atoms with E-state index in [1.165, 1.54) is 5.56 Å². The second-order valence-corrected chi connectivity index (χ2v) is 6.11. The van der Waals surface area contributed by atoms with Crippen LogP contribution in [0.4, 0.5) is 5.69 Å². The van der Waals surface area contributed by atoms with Crippen LogP contribution in [0, 0.1) is 11.3 Å². The number of aromatic nitrogens is 1. The Morgan fingerprint density at radius 1 is 1.04 bits per heavy atom. The Kier molecular flexibility index (Phi) is 4.09. The number of anilines is 1. The van der Waals surface area contributed by atoms with E-state index in [4.69, 9.17) is 0 Å². The molecule has 0 radical (unpaired) electrons.